The minimum Gasteiger partial charge on any atom is -0.359 e. The first-order valence-corrected chi connectivity index (χ1v) is 6.50. The monoisotopic (exact) mass is 304 g/mol. The molecule has 0 saturated heterocycles. The van der Waals surface area contributed by atoms with Crippen LogP contribution in [0, 0.1) is 0 Å². The van der Waals surface area contributed by atoms with Gasteiger partial charge in [0.15, 0.2) is 0 Å². The Morgan fingerprint density at radius 3 is 2.50 bits per heavy atom. The summed E-state index contributed by atoms with van der Waals surface area (Å²) in [6, 6.07) is 12.0. The predicted octanol–water partition coefficient (Wildman–Crippen LogP) is 3.76. The van der Waals surface area contributed by atoms with Crippen molar-refractivity contribution in [3.8, 4) is 0 Å². The van der Waals surface area contributed by atoms with Crippen molar-refractivity contribution in [2.45, 2.75) is 6.18 Å². The molecule has 6 heteroatoms. The molecule has 3 nitrogen and oxygen atoms in total. The van der Waals surface area contributed by atoms with E-state index in [0.29, 0.717) is 11.4 Å². The van der Waals surface area contributed by atoms with Crippen LogP contribution >= 0.6 is 0 Å². The van der Waals surface area contributed by atoms with Gasteiger partial charge in [-0.2, -0.15) is 13.2 Å². The number of Topliss-reactive ketones (excluding diaryl/α,β-unsaturated/α-hetero) is 1. The number of halogens is 3. The van der Waals surface area contributed by atoms with Crippen molar-refractivity contribution in [2.24, 2.45) is 0 Å². The molecular formula is C16H11F3N2O. The van der Waals surface area contributed by atoms with Gasteiger partial charge in [-0.05, 0) is 23.8 Å². The maximum Gasteiger partial charge on any atom is 0.456 e. The van der Waals surface area contributed by atoms with E-state index < -0.39 is 17.7 Å². The molecule has 0 spiro atoms. The van der Waals surface area contributed by atoms with Crippen molar-refractivity contribution in [3.05, 3.63) is 65.6 Å². The molecule has 1 aromatic carbocycles. The van der Waals surface area contributed by atoms with Crippen LogP contribution in [0.5, 0.6) is 0 Å². The molecule has 1 aromatic heterocycles. The summed E-state index contributed by atoms with van der Waals surface area (Å²) in [5.41, 5.74) is 1.62. The summed E-state index contributed by atoms with van der Waals surface area (Å²) < 4.78 is 39.1. The largest absolute Gasteiger partial charge is 0.456 e. The molecule has 0 unspecified atom stereocenters. The zero-order valence-corrected chi connectivity index (χ0v) is 11.3. The number of ketones is 1. The van der Waals surface area contributed by atoms with Crippen LogP contribution in [0.15, 0.2) is 48.7 Å². The number of nitrogens with one attached hydrogen (secondary N) is 1. The van der Waals surface area contributed by atoms with Gasteiger partial charge in [0, 0.05) is 12.4 Å². The Morgan fingerprint density at radius 2 is 1.82 bits per heavy atom. The standard InChI is InChI=1S/C16H11F3N2O/c17-16(18,19)15(22)14-7-6-13-12(20-8-9-21(13)14)10-11-4-2-1-3-5-11/h1-10,20H/b12-10+. The Balaban J connectivity index is 2.03. The highest BCUT2D eigenvalue weighted by Gasteiger charge is 2.41. The fourth-order valence-corrected chi connectivity index (χ4v) is 2.27. The molecule has 0 amide bonds. The molecule has 0 saturated carbocycles. The normalized spacial score (nSPS) is 15.5. The third-order valence-electron chi connectivity index (χ3n) is 3.26. The number of carbonyl (C=O) groups is 1. The van der Waals surface area contributed by atoms with Crippen LogP contribution in [0.3, 0.4) is 0 Å². The molecule has 112 valence electrons. The highest BCUT2D eigenvalue weighted by Crippen LogP contribution is 2.27. The van der Waals surface area contributed by atoms with Crippen LogP contribution in [-0.4, -0.2) is 16.5 Å². The summed E-state index contributed by atoms with van der Waals surface area (Å²) >= 11 is 0. The molecule has 22 heavy (non-hydrogen) atoms. The van der Waals surface area contributed by atoms with E-state index in [1.54, 1.807) is 6.08 Å². The average Bonchev–Trinajstić information content (AvgIpc) is 2.91. The van der Waals surface area contributed by atoms with Crippen molar-refractivity contribution in [3.63, 3.8) is 0 Å². The van der Waals surface area contributed by atoms with Crippen molar-refractivity contribution < 1.29 is 18.0 Å². The van der Waals surface area contributed by atoms with E-state index in [-0.39, 0.29) is 0 Å². The third kappa shape index (κ3) is 2.55. The number of benzene rings is 1. The number of rotatable bonds is 2. The van der Waals surface area contributed by atoms with E-state index in [0.717, 1.165) is 5.56 Å². The lowest BCUT2D eigenvalue weighted by Crippen LogP contribution is -2.26. The number of alkyl halides is 3. The second-order valence-electron chi connectivity index (χ2n) is 4.73. The Morgan fingerprint density at radius 1 is 1.09 bits per heavy atom. The minimum absolute atomic E-state index is 0.404. The number of carbonyl (C=O) groups excluding carboxylic acids is 1. The van der Waals surface area contributed by atoms with Gasteiger partial charge in [0.2, 0.25) is 0 Å². The van der Waals surface area contributed by atoms with Crippen LogP contribution in [0.2, 0.25) is 0 Å². The summed E-state index contributed by atoms with van der Waals surface area (Å²) in [7, 11) is 0. The molecule has 2 heterocycles. The maximum atomic E-state index is 12.6. The molecule has 0 bridgehead atoms. The maximum absolute atomic E-state index is 12.6. The van der Waals surface area contributed by atoms with Gasteiger partial charge in [-0.25, -0.2) is 0 Å². The molecule has 0 atom stereocenters. The molecular weight excluding hydrogens is 293 g/mol. The number of fused-ring (bicyclic) bond motifs is 1. The lowest BCUT2D eigenvalue weighted by Gasteiger charge is -2.17. The Labute approximate surface area is 124 Å². The van der Waals surface area contributed by atoms with Gasteiger partial charge in [0.1, 0.15) is 0 Å². The van der Waals surface area contributed by atoms with Crippen LogP contribution in [0.25, 0.3) is 18.0 Å². The first-order chi connectivity index (χ1) is 10.5. The molecule has 0 radical (unpaired) electrons. The number of hydrogen-bond donors (Lipinski definition) is 1. The lowest BCUT2D eigenvalue weighted by atomic mass is 10.1. The highest BCUT2D eigenvalue weighted by atomic mass is 19.4. The molecule has 1 aliphatic heterocycles. The molecule has 0 aliphatic carbocycles. The van der Waals surface area contributed by atoms with Gasteiger partial charge in [-0.1, -0.05) is 30.3 Å². The van der Waals surface area contributed by atoms with Crippen LogP contribution in [0.1, 0.15) is 21.7 Å². The summed E-state index contributed by atoms with van der Waals surface area (Å²) in [6.45, 7) is 0. The first kappa shape index (κ1) is 14.2. The van der Waals surface area contributed by atoms with Gasteiger partial charge < -0.3 is 9.88 Å². The Bertz CT molecular complexity index is 770. The molecule has 2 aromatic rings. The van der Waals surface area contributed by atoms with Crippen LogP contribution in [0.4, 0.5) is 13.2 Å². The van der Waals surface area contributed by atoms with Crippen molar-refractivity contribution in [1.29, 1.82) is 0 Å². The topological polar surface area (TPSA) is 34.0 Å². The number of hydrogen-bond acceptors (Lipinski definition) is 2. The van der Waals surface area contributed by atoms with E-state index in [1.807, 2.05) is 30.3 Å². The second kappa shape index (κ2) is 5.22. The van der Waals surface area contributed by atoms with Crippen LogP contribution < -0.4 is 5.32 Å². The molecule has 1 N–H and O–H groups in total. The fraction of sp³-hybridized carbons (Fsp3) is 0.0625. The summed E-state index contributed by atoms with van der Waals surface area (Å²) in [5.74, 6) is -1.86. The van der Waals surface area contributed by atoms with Crippen molar-refractivity contribution in [2.75, 3.05) is 0 Å². The minimum atomic E-state index is -4.89. The van der Waals surface area contributed by atoms with Gasteiger partial charge >= 0.3 is 6.18 Å². The van der Waals surface area contributed by atoms with Gasteiger partial charge in [0.25, 0.3) is 5.78 Å². The van der Waals surface area contributed by atoms with Crippen LogP contribution in [-0.2, 0) is 0 Å². The van der Waals surface area contributed by atoms with E-state index in [1.165, 1.54) is 29.1 Å². The quantitative estimate of drug-likeness (QED) is 0.857. The van der Waals surface area contributed by atoms with Crippen molar-refractivity contribution in [1.82, 2.24) is 9.88 Å². The second-order valence-corrected chi connectivity index (χ2v) is 4.73. The summed E-state index contributed by atoms with van der Waals surface area (Å²) in [6.07, 6.45) is -0.195. The lowest BCUT2D eigenvalue weighted by molar-refractivity contribution is -0.0889. The van der Waals surface area contributed by atoms with Crippen molar-refractivity contribution >= 4 is 23.8 Å². The summed E-state index contributed by atoms with van der Waals surface area (Å²) in [5, 5.41) is 2.98. The fourth-order valence-electron chi connectivity index (χ4n) is 2.27. The van der Waals surface area contributed by atoms with Gasteiger partial charge in [0.05, 0.1) is 17.1 Å². The number of nitrogens with zero attached hydrogens (tertiary/aromatic N) is 1. The zero-order valence-electron chi connectivity index (χ0n) is 11.3. The Kier molecular flexibility index (Phi) is 3.36. The SMILES string of the molecule is O=C(c1ccc2n1C=CN/C2=C/c1ccccc1)C(F)(F)F. The smallest absolute Gasteiger partial charge is 0.359 e. The average molecular weight is 304 g/mol. The predicted molar refractivity (Wildman–Crippen MR) is 77.6 cm³/mol. The van der Waals surface area contributed by atoms with Gasteiger partial charge in [-0.3, -0.25) is 4.79 Å². The molecule has 3 rings (SSSR count). The third-order valence-corrected chi connectivity index (χ3v) is 3.26. The van der Waals surface area contributed by atoms with Gasteiger partial charge in [-0.15, -0.1) is 0 Å². The Hall–Kier alpha value is -2.76. The molecule has 0 fully saturated rings. The summed E-state index contributed by atoms with van der Waals surface area (Å²) in [4.78, 5) is 11.4. The number of aromatic nitrogens is 1. The molecule has 1 aliphatic rings. The van der Waals surface area contributed by atoms with E-state index in [4.69, 9.17) is 0 Å². The highest BCUT2D eigenvalue weighted by molar-refractivity contribution is 6.00. The van der Waals surface area contributed by atoms with E-state index in [9.17, 15) is 18.0 Å². The van der Waals surface area contributed by atoms with E-state index in [2.05, 4.69) is 5.32 Å². The zero-order chi connectivity index (χ0) is 15.7. The van der Waals surface area contributed by atoms with E-state index >= 15 is 0 Å². The first-order valence-electron chi connectivity index (χ1n) is 6.50.